The standard InChI is InChI=1S/C8H13N.ClH/c1-2-3-8-4-6-9-7-5-8;/h1,8-9H,3-7H2;1H. The fourth-order valence-corrected chi connectivity index (χ4v) is 1.25. The van der Waals surface area contributed by atoms with Gasteiger partial charge in [-0.15, -0.1) is 24.8 Å². The van der Waals surface area contributed by atoms with Gasteiger partial charge < -0.3 is 5.32 Å². The molecule has 0 bridgehead atoms. The molecule has 0 atom stereocenters. The lowest BCUT2D eigenvalue weighted by Gasteiger charge is -2.19. The maximum absolute atomic E-state index is 5.19. The summed E-state index contributed by atoms with van der Waals surface area (Å²) < 4.78 is 0. The van der Waals surface area contributed by atoms with Crippen LogP contribution in [0.5, 0.6) is 0 Å². The fourth-order valence-electron chi connectivity index (χ4n) is 1.25. The van der Waals surface area contributed by atoms with Gasteiger partial charge in [-0.05, 0) is 31.8 Å². The minimum absolute atomic E-state index is 0. The monoisotopic (exact) mass is 159 g/mol. The van der Waals surface area contributed by atoms with Crippen molar-refractivity contribution in [2.45, 2.75) is 19.3 Å². The van der Waals surface area contributed by atoms with E-state index in [-0.39, 0.29) is 12.4 Å². The zero-order valence-electron chi connectivity index (χ0n) is 6.10. The number of terminal acetylenes is 1. The van der Waals surface area contributed by atoms with Crippen LogP contribution < -0.4 is 5.32 Å². The Morgan fingerprint density at radius 3 is 2.50 bits per heavy atom. The van der Waals surface area contributed by atoms with Crippen molar-refractivity contribution in [1.82, 2.24) is 5.32 Å². The largest absolute Gasteiger partial charge is 0.317 e. The predicted molar refractivity (Wildman–Crippen MR) is 46.3 cm³/mol. The Hall–Kier alpha value is -0.190. The number of hydrogen-bond acceptors (Lipinski definition) is 1. The lowest BCUT2D eigenvalue weighted by Crippen LogP contribution is -2.27. The van der Waals surface area contributed by atoms with Crippen LogP contribution in [0.15, 0.2) is 0 Å². The molecule has 0 aromatic rings. The highest BCUT2D eigenvalue weighted by molar-refractivity contribution is 5.85. The first-order valence-electron chi connectivity index (χ1n) is 3.57. The molecule has 1 nitrogen and oxygen atoms in total. The van der Waals surface area contributed by atoms with E-state index in [4.69, 9.17) is 6.42 Å². The lowest BCUT2D eigenvalue weighted by atomic mass is 9.95. The maximum Gasteiger partial charge on any atom is 0.0115 e. The van der Waals surface area contributed by atoms with E-state index in [2.05, 4.69) is 11.2 Å². The molecule has 2 heteroatoms. The Labute approximate surface area is 69.0 Å². The third-order valence-corrected chi connectivity index (χ3v) is 1.87. The van der Waals surface area contributed by atoms with Crippen LogP contribution in [0.2, 0.25) is 0 Å². The Morgan fingerprint density at radius 1 is 1.40 bits per heavy atom. The van der Waals surface area contributed by atoms with Crippen LogP contribution in [0.4, 0.5) is 0 Å². The summed E-state index contributed by atoms with van der Waals surface area (Å²) in [5.74, 6) is 3.51. The van der Waals surface area contributed by atoms with Gasteiger partial charge in [0.2, 0.25) is 0 Å². The molecule has 0 aromatic carbocycles. The zero-order chi connectivity index (χ0) is 6.53. The van der Waals surface area contributed by atoms with Crippen LogP contribution in [0.3, 0.4) is 0 Å². The van der Waals surface area contributed by atoms with E-state index in [0.717, 1.165) is 25.4 Å². The van der Waals surface area contributed by atoms with Crippen LogP contribution in [-0.4, -0.2) is 13.1 Å². The first-order chi connectivity index (χ1) is 4.43. The summed E-state index contributed by atoms with van der Waals surface area (Å²) in [5.41, 5.74) is 0. The summed E-state index contributed by atoms with van der Waals surface area (Å²) in [4.78, 5) is 0. The summed E-state index contributed by atoms with van der Waals surface area (Å²) >= 11 is 0. The third-order valence-electron chi connectivity index (χ3n) is 1.87. The van der Waals surface area contributed by atoms with Gasteiger partial charge in [0, 0.05) is 6.42 Å². The molecule has 0 amide bonds. The van der Waals surface area contributed by atoms with Crippen molar-refractivity contribution >= 4 is 12.4 Å². The SMILES string of the molecule is C#CCC1CCNCC1.Cl. The van der Waals surface area contributed by atoms with Crippen molar-refractivity contribution in [1.29, 1.82) is 0 Å². The van der Waals surface area contributed by atoms with Gasteiger partial charge in [-0.25, -0.2) is 0 Å². The topological polar surface area (TPSA) is 12.0 Å². The Kier molecular flexibility index (Phi) is 5.48. The minimum atomic E-state index is 0. The molecule has 1 N–H and O–H groups in total. The number of halogens is 1. The van der Waals surface area contributed by atoms with Gasteiger partial charge in [-0.3, -0.25) is 0 Å². The lowest BCUT2D eigenvalue weighted by molar-refractivity contribution is 0.381. The van der Waals surface area contributed by atoms with E-state index >= 15 is 0 Å². The van der Waals surface area contributed by atoms with Crippen LogP contribution in [-0.2, 0) is 0 Å². The quantitative estimate of drug-likeness (QED) is 0.571. The number of rotatable bonds is 1. The first kappa shape index (κ1) is 9.81. The van der Waals surface area contributed by atoms with Crippen molar-refractivity contribution in [3.63, 3.8) is 0 Å². The van der Waals surface area contributed by atoms with Crippen molar-refractivity contribution in [3.05, 3.63) is 0 Å². The van der Waals surface area contributed by atoms with Gasteiger partial charge in [0.25, 0.3) is 0 Å². The Morgan fingerprint density at radius 2 is 2.00 bits per heavy atom. The van der Waals surface area contributed by atoms with Gasteiger partial charge in [0.15, 0.2) is 0 Å². The van der Waals surface area contributed by atoms with Crippen molar-refractivity contribution in [2.24, 2.45) is 5.92 Å². The van der Waals surface area contributed by atoms with E-state index in [0.29, 0.717) is 0 Å². The second kappa shape index (κ2) is 5.58. The molecule has 1 aliphatic rings. The molecule has 10 heavy (non-hydrogen) atoms. The second-order valence-corrected chi connectivity index (χ2v) is 2.60. The van der Waals surface area contributed by atoms with Crippen molar-refractivity contribution < 1.29 is 0 Å². The van der Waals surface area contributed by atoms with Crippen molar-refractivity contribution in [2.75, 3.05) is 13.1 Å². The highest BCUT2D eigenvalue weighted by atomic mass is 35.5. The third kappa shape index (κ3) is 3.10. The highest BCUT2D eigenvalue weighted by Crippen LogP contribution is 2.14. The molecule has 0 aromatic heterocycles. The van der Waals surface area contributed by atoms with Gasteiger partial charge in [0.1, 0.15) is 0 Å². The predicted octanol–water partition coefficient (Wildman–Crippen LogP) is 1.43. The van der Waals surface area contributed by atoms with Crippen LogP contribution >= 0.6 is 12.4 Å². The second-order valence-electron chi connectivity index (χ2n) is 2.60. The highest BCUT2D eigenvalue weighted by Gasteiger charge is 2.10. The molecule has 1 fully saturated rings. The van der Waals surface area contributed by atoms with E-state index in [1.54, 1.807) is 0 Å². The average Bonchev–Trinajstić information content (AvgIpc) is 1.91. The molecule has 0 aliphatic carbocycles. The van der Waals surface area contributed by atoms with E-state index < -0.39 is 0 Å². The molecule has 1 aliphatic heterocycles. The number of piperidine rings is 1. The Bertz CT molecular complexity index is 111. The van der Waals surface area contributed by atoms with Crippen LogP contribution in [0.1, 0.15) is 19.3 Å². The van der Waals surface area contributed by atoms with E-state index in [9.17, 15) is 0 Å². The average molecular weight is 160 g/mol. The minimum Gasteiger partial charge on any atom is -0.317 e. The zero-order valence-corrected chi connectivity index (χ0v) is 6.91. The number of nitrogens with one attached hydrogen (secondary N) is 1. The van der Waals surface area contributed by atoms with E-state index in [1.165, 1.54) is 12.8 Å². The smallest absolute Gasteiger partial charge is 0.0115 e. The fraction of sp³-hybridized carbons (Fsp3) is 0.750. The molecule has 1 saturated heterocycles. The summed E-state index contributed by atoms with van der Waals surface area (Å²) in [7, 11) is 0. The summed E-state index contributed by atoms with van der Waals surface area (Å²) in [5, 5.41) is 3.30. The van der Waals surface area contributed by atoms with Gasteiger partial charge in [-0.2, -0.15) is 0 Å². The summed E-state index contributed by atoms with van der Waals surface area (Å²) in [6.07, 6.45) is 8.70. The van der Waals surface area contributed by atoms with Crippen LogP contribution in [0.25, 0.3) is 0 Å². The van der Waals surface area contributed by atoms with Gasteiger partial charge in [-0.1, -0.05) is 0 Å². The number of hydrogen-bond donors (Lipinski definition) is 1. The van der Waals surface area contributed by atoms with E-state index in [1.807, 2.05) is 0 Å². The maximum atomic E-state index is 5.19. The first-order valence-corrected chi connectivity index (χ1v) is 3.57. The molecule has 1 heterocycles. The Balaban J connectivity index is 0.000000810. The molecule has 0 unspecified atom stereocenters. The van der Waals surface area contributed by atoms with Gasteiger partial charge in [0.05, 0.1) is 0 Å². The molecule has 58 valence electrons. The molecule has 1 rings (SSSR count). The summed E-state index contributed by atoms with van der Waals surface area (Å²) in [6.45, 7) is 2.32. The molecule has 0 radical (unpaired) electrons. The molecular formula is C8H14ClN. The summed E-state index contributed by atoms with van der Waals surface area (Å²) in [6, 6.07) is 0. The molecule has 0 saturated carbocycles. The molecule has 0 spiro atoms. The van der Waals surface area contributed by atoms with Gasteiger partial charge >= 0.3 is 0 Å². The van der Waals surface area contributed by atoms with Crippen LogP contribution in [0, 0.1) is 18.3 Å². The molecular weight excluding hydrogens is 146 g/mol. The normalized spacial score (nSPS) is 19.1. The van der Waals surface area contributed by atoms with Crippen molar-refractivity contribution in [3.8, 4) is 12.3 Å².